The third-order valence-electron chi connectivity index (χ3n) is 12.0. The molecule has 410 valence electrons. The number of rotatable bonds is 51. The maximum Gasteiger partial charge on any atom is 0.306 e. The average Bonchev–Trinajstić information content (AvgIpc) is 3.39. The van der Waals surface area contributed by atoms with E-state index in [-0.39, 0.29) is 37.5 Å². The fourth-order valence-corrected chi connectivity index (χ4v) is 7.61. The van der Waals surface area contributed by atoms with Crippen molar-refractivity contribution in [1.82, 2.24) is 0 Å². The third kappa shape index (κ3) is 58.1. The Bertz CT molecular complexity index is 1630. The van der Waals surface area contributed by atoms with Crippen molar-refractivity contribution < 1.29 is 28.6 Å². The summed E-state index contributed by atoms with van der Waals surface area (Å²) in [6, 6.07) is 0. The standard InChI is InChI=1S/C67H106O6/c1-4-7-10-13-16-19-22-25-28-31-34-37-39-42-45-48-51-54-57-60-66(69)72-63-64(73-67(70)61-58-55-52-49-46-43-40-36-33-30-27-24-21-18-15-12-9-6-3)62-71-65(68)59-56-53-50-47-44-41-38-35-32-29-26-23-20-17-14-11-8-5-2/h11-12,14-27,29-30,32-33,35-36,38,40,64H,4-10,13,28,31,34,37,39,41-63H2,1-3H3/b14-11-,15-12-,19-16-,20-17-,21-18-,25-22-,26-23-,27-24-,32-29-,33-30-,38-35-,40-36-. The van der Waals surface area contributed by atoms with Crippen LogP contribution in [0.4, 0.5) is 0 Å². The Kier molecular flexibility index (Phi) is 56.0. The number of esters is 3. The SMILES string of the molecule is CCC\C=C/C=C\C=C/C=C\C=C/CCCCCCCC(=O)OCC(COC(=O)CCCCCCCCCCCC/C=C\C=C/CCCCC)OC(=O)CCCCCCC\C=C/C=C\C=C/C=C\C=C/CCC. The van der Waals surface area contributed by atoms with Gasteiger partial charge in [-0.3, -0.25) is 14.4 Å². The summed E-state index contributed by atoms with van der Waals surface area (Å²) in [6.45, 7) is 6.39. The van der Waals surface area contributed by atoms with Crippen molar-refractivity contribution in [2.75, 3.05) is 13.2 Å². The van der Waals surface area contributed by atoms with Gasteiger partial charge in [-0.25, -0.2) is 0 Å². The van der Waals surface area contributed by atoms with E-state index < -0.39 is 6.10 Å². The first-order valence-corrected chi connectivity index (χ1v) is 29.5. The zero-order chi connectivity index (χ0) is 52.9. The van der Waals surface area contributed by atoms with E-state index in [9.17, 15) is 14.4 Å². The van der Waals surface area contributed by atoms with Crippen LogP contribution in [0.15, 0.2) is 146 Å². The Labute approximate surface area is 448 Å². The second kappa shape index (κ2) is 59.8. The molecule has 0 N–H and O–H groups in total. The molecule has 0 bridgehead atoms. The quantitative estimate of drug-likeness (QED) is 0.0261. The molecule has 0 aromatic rings. The first-order chi connectivity index (χ1) is 36.0. The Morgan fingerprint density at radius 2 is 0.521 bits per heavy atom. The van der Waals surface area contributed by atoms with Crippen LogP contribution in [0.5, 0.6) is 0 Å². The van der Waals surface area contributed by atoms with Crippen molar-refractivity contribution in [2.45, 2.75) is 245 Å². The van der Waals surface area contributed by atoms with Crippen molar-refractivity contribution in [2.24, 2.45) is 0 Å². The van der Waals surface area contributed by atoms with Crippen LogP contribution in [0.1, 0.15) is 239 Å². The van der Waals surface area contributed by atoms with Crippen molar-refractivity contribution >= 4 is 17.9 Å². The first-order valence-electron chi connectivity index (χ1n) is 29.5. The van der Waals surface area contributed by atoms with E-state index in [1.165, 1.54) is 89.9 Å². The molecule has 0 saturated heterocycles. The molecule has 6 nitrogen and oxygen atoms in total. The normalized spacial score (nSPS) is 13.2. The number of unbranched alkanes of at least 4 members (excludes halogenated alkanes) is 25. The molecular formula is C67H106O6. The summed E-state index contributed by atoms with van der Waals surface area (Å²) in [7, 11) is 0. The molecule has 0 aliphatic heterocycles. The van der Waals surface area contributed by atoms with Gasteiger partial charge in [-0.2, -0.15) is 0 Å². The van der Waals surface area contributed by atoms with Gasteiger partial charge in [0, 0.05) is 19.3 Å². The highest BCUT2D eigenvalue weighted by molar-refractivity contribution is 5.71. The Balaban J connectivity index is 4.53. The Morgan fingerprint density at radius 3 is 0.836 bits per heavy atom. The van der Waals surface area contributed by atoms with E-state index in [1.54, 1.807) is 0 Å². The summed E-state index contributed by atoms with van der Waals surface area (Å²) >= 11 is 0. The number of carbonyl (C=O) groups is 3. The number of carbonyl (C=O) groups excluding carboxylic acids is 3. The van der Waals surface area contributed by atoms with E-state index in [2.05, 4.69) is 118 Å². The van der Waals surface area contributed by atoms with Gasteiger partial charge in [0.05, 0.1) is 0 Å². The summed E-state index contributed by atoms with van der Waals surface area (Å²) in [5.41, 5.74) is 0. The molecule has 0 radical (unpaired) electrons. The Morgan fingerprint density at radius 1 is 0.274 bits per heavy atom. The van der Waals surface area contributed by atoms with Gasteiger partial charge < -0.3 is 14.2 Å². The maximum absolute atomic E-state index is 12.9. The molecule has 0 spiro atoms. The van der Waals surface area contributed by atoms with Gasteiger partial charge in [0.2, 0.25) is 0 Å². The lowest BCUT2D eigenvalue weighted by Crippen LogP contribution is -2.30. The predicted molar refractivity (Wildman–Crippen MR) is 315 cm³/mol. The van der Waals surface area contributed by atoms with Gasteiger partial charge >= 0.3 is 17.9 Å². The van der Waals surface area contributed by atoms with Crippen LogP contribution in [0.25, 0.3) is 0 Å². The van der Waals surface area contributed by atoms with Crippen LogP contribution >= 0.6 is 0 Å². The number of ether oxygens (including phenoxy) is 3. The molecule has 0 aromatic carbocycles. The van der Waals surface area contributed by atoms with E-state index in [0.717, 1.165) is 109 Å². The highest BCUT2D eigenvalue weighted by Crippen LogP contribution is 2.15. The summed E-state index contributed by atoms with van der Waals surface area (Å²) in [5.74, 6) is -0.963. The van der Waals surface area contributed by atoms with Gasteiger partial charge in [0.15, 0.2) is 6.10 Å². The van der Waals surface area contributed by atoms with E-state index >= 15 is 0 Å². The molecule has 0 saturated carbocycles. The Hall–Kier alpha value is -4.71. The van der Waals surface area contributed by atoms with E-state index in [4.69, 9.17) is 14.2 Å². The van der Waals surface area contributed by atoms with Crippen LogP contribution in [-0.2, 0) is 28.6 Å². The van der Waals surface area contributed by atoms with Gasteiger partial charge in [-0.05, 0) is 83.5 Å². The minimum atomic E-state index is -0.812. The molecule has 0 amide bonds. The molecular weight excluding hydrogens is 901 g/mol. The van der Waals surface area contributed by atoms with Crippen molar-refractivity contribution in [1.29, 1.82) is 0 Å². The van der Waals surface area contributed by atoms with E-state index in [1.807, 2.05) is 48.6 Å². The van der Waals surface area contributed by atoms with Crippen molar-refractivity contribution in [3.8, 4) is 0 Å². The smallest absolute Gasteiger partial charge is 0.306 e. The van der Waals surface area contributed by atoms with Crippen LogP contribution in [0.3, 0.4) is 0 Å². The molecule has 0 rings (SSSR count). The van der Waals surface area contributed by atoms with Crippen LogP contribution in [0, 0.1) is 0 Å². The molecule has 6 heteroatoms. The lowest BCUT2D eigenvalue weighted by atomic mass is 10.1. The lowest BCUT2D eigenvalue weighted by molar-refractivity contribution is -0.167. The van der Waals surface area contributed by atoms with Crippen LogP contribution in [0.2, 0.25) is 0 Å². The molecule has 1 unspecified atom stereocenters. The van der Waals surface area contributed by atoms with Crippen LogP contribution < -0.4 is 0 Å². The largest absolute Gasteiger partial charge is 0.462 e. The van der Waals surface area contributed by atoms with Gasteiger partial charge in [0.25, 0.3) is 0 Å². The highest BCUT2D eigenvalue weighted by atomic mass is 16.6. The molecule has 0 fully saturated rings. The van der Waals surface area contributed by atoms with E-state index in [0.29, 0.717) is 12.8 Å². The monoisotopic (exact) mass is 1010 g/mol. The zero-order valence-electron chi connectivity index (χ0n) is 46.8. The molecule has 0 aromatic heterocycles. The fourth-order valence-electron chi connectivity index (χ4n) is 7.61. The van der Waals surface area contributed by atoms with Gasteiger partial charge in [-0.15, -0.1) is 0 Å². The van der Waals surface area contributed by atoms with Crippen molar-refractivity contribution in [3.05, 3.63) is 146 Å². The summed E-state index contributed by atoms with van der Waals surface area (Å²) in [5, 5.41) is 0. The second-order valence-electron chi connectivity index (χ2n) is 19.1. The van der Waals surface area contributed by atoms with Gasteiger partial charge in [-0.1, -0.05) is 282 Å². The molecule has 1 atom stereocenters. The summed E-state index contributed by atoms with van der Waals surface area (Å²) in [6.07, 6.45) is 85.3. The molecule has 73 heavy (non-hydrogen) atoms. The summed E-state index contributed by atoms with van der Waals surface area (Å²) < 4.78 is 16.9. The second-order valence-corrected chi connectivity index (χ2v) is 19.1. The number of hydrogen-bond donors (Lipinski definition) is 0. The lowest BCUT2D eigenvalue weighted by Gasteiger charge is -2.18. The van der Waals surface area contributed by atoms with Gasteiger partial charge in [0.1, 0.15) is 13.2 Å². The minimum Gasteiger partial charge on any atom is -0.462 e. The molecule has 0 aliphatic carbocycles. The van der Waals surface area contributed by atoms with Crippen LogP contribution in [-0.4, -0.2) is 37.2 Å². The maximum atomic E-state index is 12.9. The number of allylic oxidation sites excluding steroid dienone is 24. The fraction of sp³-hybridized carbons (Fsp3) is 0.597. The molecule has 0 aliphatic rings. The number of hydrogen-bond acceptors (Lipinski definition) is 6. The summed E-state index contributed by atoms with van der Waals surface area (Å²) in [4.78, 5) is 38.3. The topological polar surface area (TPSA) is 78.9 Å². The highest BCUT2D eigenvalue weighted by Gasteiger charge is 2.19. The van der Waals surface area contributed by atoms with Crippen molar-refractivity contribution in [3.63, 3.8) is 0 Å². The molecule has 0 heterocycles. The minimum absolute atomic E-state index is 0.105. The third-order valence-corrected chi connectivity index (χ3v) is 12.0. The average molecular weight is 1010 g/mol. The zero-order valence-corrected chi connectivity index (χ0v) is 46.8. The predicted octanol–water partition coefficient (Wildman–Crippen LogP) is 20.0. The first kappa shape index (κ1) is 68.3.